The Labute approximate surface area is 85.7 Å². The number of carboxylic acids is 1. The molecule has 0 fully saturated rings. The number of hydrogen-bond acceptors (Lipinski definition) is 3. The maximum absolute atomic E-state index is 11.1. The van der Waals surface area contributed by atoms with Crippen LogP contribution in [-0.2, 0) is 14.4 Å². The van der Waals surface area contributed by atoms with E-state index in [-0.39, 0.29) is 0 Å². The van der Waals surface area contributed by atoms with E-state index in [2.05, 4.69) is 5.32 Å². The molecule has 0 heterocycles. The first-order valence-corrected chi connectivity index (χ1v) is 4.20. The molecule has 0 aromatic heterocycles. The molecular formula is C10H9NO4. The number of carbonyl (C=O) groups excluding carboxylic acids is 2. The van der Waals surface area contributed by atoms with Crippen molar-refractivity contribution in [2.45, 2.75) is 6.42 Å². The maximum Gasteiger partial charge on any atom is 0.372 e. The number of ketones is 1. The van der Waals surface area contributed by atoms with E-state index in [1.54, 1.807) is 30.3 Å². The van der Waals surface area contributed by atoms with Crippen molar-refractivity contribution in [3.8, 4) is 0 Å². The van der Waals surface area contributed by atoms with Gasteiger partial charge in [-0.1, -0.05) is 18.2 Å². The van der Waals surface area contributed by atoms with Gasteiger partial charge in [-0.2, -0.15) is 0 Å². The van der Waals surface area contributed by atoms with Gasteiger partial charge in [-0.05, 0) is 12.1 Å². The van der Waals surface area contributed by atoms with Crippen molar-refractivity contribution in [2.75, 3.05) is 5.32 Å². The Kier molecular flexibility index (Phi) is 3.56. The summed E-state index contributed by atoms with van der Waals surface area (Å²) in [6.45, 7) is 0. The quantitative estimate of drug-likeness (QED) is 0.561. The van der Waals surface area contributed by atoms with Crippen LogP contribution in [0.25, 0.3) is 0 Å². The first-order valence-electron chi connectivity index (χ1n) is 4.20. The molecular weight excluding hydrogens is 198 g/mol. The molecule has 0 aliphatic carbocycles. The third-order valence-corrected chi connectivity index (χ3v) is 1.62. The second-order valence-electron chi connectivity index (χ2n) is 2.82. The molecule has 0 aliphatic rings. The SMILES string of the molecule is O=C(CC(=O)C(=O)O)Nc1ccccc1. The standard InChI is InChI=1S/C10H9NO4/c12-8(10(14)15)6-9(13)11-7-4-2-1-3-5-7/h1-5H,6H2,(H,11,13)(H,14,15). The largest absolute Gasteiger partial charge is 0.475 e. The van der Waals surface area contributed by atoms with Crippen molar-refractivity contribution in [1.29, 1.82) is 0 Å². The normalized spacial score (nSPS) is 9.33. The molecule has 5 nitrogen and oxygen atoms in total. The van der Waals surface area contributed by atoms with Gasteiger partial charge in [-0.3, -0.25) is 9.59 Å². The Balaban J connectivity index is 2.51. The van der Waals surface area contributed by atoms with Gasteiger partial charge in [-0.25, -0.2) is 4.79 Å². The third kappa shape index (κ3) is 3.60. The monoisotopic (exact) mass is 207 g/mol. The highest BCUT2D eigenvalue weighted by atomic mass is 16.4. The Hall–Kier alpha value is -2.17. The number of amides is 1. The van der Waals surface area contributed by atoms with Gasteiger partial charge in [0.1, 0.15) is 0 Å². The van der Waals surface area contributed by atoms with Gasteiger partial charge in [-0.15, -0.1) is 0 Å². The molecule has 0 saturated heterocycles. The zero-order valence-electron chi connectivity index (χ0n) is 7.77. The van der Waals surface area contributed by atoms with Crippen LogP contribution < -0.4 is 5.32 Å². The van der Waals surface area contributed by atoms with E-state index in [0.29, 0.717) is 5.69 Å². The summed E-state index contributed by atoms with van der Waals surface area (Å²) < 4.78 is 0. The fourth-order valence-corrected chi connectivity index (χ4v) is 0.948. The first-order chi connectivity index (χ1) is 7.09. The van der Waals surface area contributed by atoms with Crippen molar-refractivity contribution in [3.63, 3.8) is 0 Å². The fourth-order valence-electron chi connectivity index (χ4n) is 0.948. The van der Waals surface area contributed by atoms with Crippen LogP contribution in [0.5, 0.6) is 0 Å². The Bertz CT molecular complexity index is 386. The zero-order valence-corrected chi connectivity index (χ0v) is 7.77. The number of aliphatic carboxylic acids is 1. The lowest BCUT2D eigenvalue weighted by molar-refractivity contribution is -0.150. The summed E-state index contributed by atoms with van der Waals surface area (Å²) >= 11 is 0. The van der Waals surface area contributed by atoms with Crippen molar-refractivity contribution in [3.05, 3.63) is 30.3 Å². The van der Waals surface area contributed by atoms with Gasteiger partial charge in [0, 0.05) is 5.69 Å². The number of hydrogen-bond donors (Lipinski definition) is 2. The number of nitrogens with one attached hydrogen (secondary N) is 1. The highest BCUT2D eigenvalue weighted by Gasteiger charge is 2.16. The van der Waals surface area contributed by atoms with Crippen LogP contribution in [0.2, 0.25) is 0 Å². The topological polar surface area (TPSA) is 83.5 Å². The van der Waals surface area contributed by atoms with Gasteiger partial charge < -0.3 is 10.4 Å². The molecule has 0 saturated carbocycles. The van der Waals surface area contributed by atoms with Gasteiger partial charge >= 0.3 is 5.97 Å². The maximum atomic E-state index is 11.1. The minimum absolute atomic E-state index is 0.528. The lowest BCUT2D eigenvalue weighted by Crippen LogP contribution is -2.21. The number of anilines is 1. The van der Waals surface area contributed by atoms with E-state index in [1.165, 1.54) is 0 Å². The summed E-state index contributed by atoms with van der Waals surface area (Å²) in [7, 11) is 0. The van der Waals surface area contributed by atoms with E-state index in [9.17, 15) is 14.4 Å². The van der Waals surface area contributed by atoms with Crippen LogP contribution in [-0.4, -0.2) is 22.8 Å². The van der Waals surface area contributed by atoms with Crippen LogP contribution in [0.4, 0.5) is 5.69 Å². The molecule has 0 spiro atoms. The lowest BCUT2D eigenvalue weighted by atomic mass is 10.2. The van der Waals surface area contributed by atoms with Gasteiger partial charge in [0.05, 0.1) is 6.42 Å². The van der Waals surface area contributed by atoms with E-state index >= 15 is 0 Å². The number of carboxylic acid groups (broad SMARTS) is 1. The highest BCUT2D eigenvalue weighted by molar-refractivity contribution is 6.36. The van der Waals surface area contributed by atoms with Gasteiger partial charge in [0.15, 0.2) is 0 Å². The molecule has 1 aromatic carbocycles. The summed E-state index contributed by atoms with van der Waals surface area (Å²) in [6, 6.07) is 8.49. The van der Waals surface area contributed by atoms with Crippen molar-refractivity contribution >= 4 is 23.3 Å². The molecule has 78 valence electrons. The molecule has 0 atom stereocenters. The first kappa shape index (κ1) is 10.9. The van der Waals surface area contributed by atoms with E-state index in [1.807, 2.05) is 0 Å². The van der Waals surface area contributed by atoms with Crippen LogP contribution >= 0.6 is 0 Å². The van der Waals surface area contributed by atoms with Crippen LogP contribution in [0.1, 0.15) is 6.42 Å². The van der Waals surface area contributed by atoms with E-state index < -0.39 is 24.1 Å². The van der Waals surface area contributed by atoms with Crippen molar-refractivity contribution in [1.82, 2.24) is 0 Å². The molecule has 0 radical (unpaired) electrons. The smallest absolute Gasteiger partial charge is 0.372 e. The number of para-hydroxylation sites is 1. The van der Waals surface area contributed by atoms with Crippen LogP contribution in [0.15, 0.2) is 30.3 Å². The minimum atomic E-state index is -1.60. The Morgan fingerprint density at radius 3 is 2.27 bits per heavy atom. The van der Waals surface area contributed by atoms with E-state index in [4.69, 9.17) is 5.11 Å². The number of benzene rings is 1. The van der Waals surface area contributed by atoms with Crippen molar-refractivity contribution in [2.24, 2.45) is 0 Å². The molecule has 5 heteroatoms. The molecule has 1 amide bonds. The lowest BCUT2D eigenvalue weighted by Gasteiger charge is -2.02. The van der Waals surface area contributed by atoms with Gasteiger partial charge in [0.25, 0.3) is 0 Å². The molecule has 2 N–H and O–H groups in total. The van der Waals surface area contributed by atoms with Crippen molar-refractivity contribution < 1.29 is 19.5 Å². The highest BCUT2D eigenvalue weighted by Crippen LogP contribution is 2.05. The summed E-state index contributed by atoms with van der Waals surface area (Å²) in [5, 5.41) is 10.7. The summed E-state index contributed by atoms with van der Waals surface area (Å²) in [5.74, 6) is -3.35. The molecule has 0 bridgehead atoms. The third-order valence-electron chi connectivity index (χ3n) is 1.62. The predicted molar refractivity (Wildman–Crippen MR) is 52.3 cm³/mol. The van der Waals surface area contributed by atoms with Crippen LogP contribution in [0.3, 0.4) is 0 Å². The van der Waals surface area contributed by atoms with E-state index in [0.717, 1.165) is 0 Å². The summed E-state index contributed by atoms with van der Waals surface area (Å²) in [6.07, 6.45) is -0.649. The molecule has 1 aromatic rings. The number of rotatable bonds is 4. The molecule has 1 rings (SSSR count). The average Bonchev–Trinajstić information content (AvgIpc) is 2.18. The summed E-state index contributed by atoms with van der Waals surface area (Å²) in [5.41, 5.74) is 0.528. The Morgan fingerprint density at radius 1 is 1.13 bits per heavy atom. The zero-order chi connectivity index (χ0) is 11.3. The summed E-state index contributed by atoms with van der Waals surface area (Å²) in [4.78, 5) is 32.0. The second kappa shape index (κ2) is 4.90. The molecule has 0 aliphatic heterocycles. The average molecular weight is 207 g/mol. The number of Topliss-reactive ketones (excluding diaryl/α,β-unsaturated/α-hetero) is 1. The van der Waals surface area contributed by atoms with Gasteiger partial charge in [0.2, 0.25) is 11.7 Å². The molecule has 15 heavy (non-hydrogen) atoms. The Morgan fingerprint density at radius 2 is 1.73 bits per heavy atom. The second-order valence-corrected chi connectivity index (χ2v) is 2.82. The molecule has 0 unspecified atom stereocenters. The van der Waals surface area contributed by atoms with Crippen LogP contribution in [0, 0.1) is 0 Å². The predicted octanol–water partition coefficient (Wildman–Crippen LogP) is 0.669. The number of carbonyl (C=O) groups is 3. The fraction of sp³-hybridized carbons (Fsp3) is 0.100. The minimum Gasteiger partial charge on any atom is -0.475 e.